The van der Waals surface area contributed by atoms with E-state index in [1.54, 1.807) is 12.2 Å². The minimum atomic E-state index is 0.0855. The van der Waals surface area contributed by atoms with Gasteiger partial charge >= 0.3 is 0 Å². The van der Waals surface area contributed by atoms with Crippen molar-refractivity contribution in [3.8, 4) is 12.1 Å². The van der Waals surface area contributed by atoms with Crippen LogP contribution in [0.15, 0.2) is 71.8 Å². The average Bonchev–Trinajstić information content (AvgIpc) is 2.70. The van der Waals surface area contributed by atoms with E-state index in [2.05, 4.69) is 0 Å². The van der Waals surface area contributed by atoms with E-state index in [0.717, 1.165) is 22.5 Å². The van der Waals surface area contributed by atoms with Gasteiger partial charge in [0.25, 0.3) is 0 Å². The third-order valence-electron chi connectivity index (χ3n) is 4.24. The first kappa shape index (κ1) is 20.6. The zero-order valence-electron chi connectivity index (χ0n) is 16.7. The zero-order chi connectivity index (χ0) is 20.5. The second-order valence-corrected chi connectivity index (χ2v) is 6.69. The van der Waals surface area contributed by atoms with Crippen LogP contribution in [-0.4, -0.2) is 28.2 Å². The number of nitriles is 2. The number of hydrogen-bond acceptors (Lipinski definition) is 4. The predicted octanol–water partition coefficient (Wildman–Crippen LogP) is 4.89. The molecule has 0 amide bonds. The summed E-state index contributed by atoms with van der Waals surface area (Å²) in [6.07, 6.45) is 7.42. The SMILES string of the molecule is CN(C)c1ccc(C=CC(C=Cc2ccc(N(C)C)cc2)=C(C#N)C#N)cc1. The molecule has 0 atom stereocenters. The van der Waals surface area contributed by atoms with E-state index in [9.17, 15) is 10.5 Å². The lowest BCUT2D eigenvalue weighted by molar-refractivity contribution is 1.13. The Hall–Kier alpha value is -3.76. The van der Waals surface area contributed by atoms with Crippen LogP contribution in [0.4, 0.5) is 11.4 Å². The number of nitrogens with zero attached hydrogens (tertiary/aromatic N) is 4. The van der Waals surface area contributed by atoms with Crippen LogP contribution in [0.3, 0.4) is 0 Å². The molecule has 2 aromatic rings. The molecule has 4 heteroatoms. The summed E-state index contributed by atoms with van der Waals surface area (Å²) in [7, 11) is 7.97. The highest BCUT2D eigenvalue weighted by Gasteiger charge is 2.01. The molecule has 0 saturated carbocycles. The minimum Gasteiger partial charge on any atom is -0.378 e. The van der Waals surface area contributed by atoms with Crippen molar-refractivity contribution >= 4 is 23.5 Å². The topological polar surface area (TPSA) is 54.1 Å². The molecule has 0 saturated heterocycles. The van der Waals surface area contributed by atoms with Crippen LogP contribution < -0.4 is 9.80 Å². The monoisotopic (exact) mass is 368 g/mol. The summed E-state index contributed by atoms with van der Waals surface area (Å²) in [4.78, 5) is 4.07. The molecule has 0 aliphatic heterocycles. The first-order valence-corrected chi connectivity index (χ1v) is 8.90. The van der Waals surface area contributed by atoms with Gasteiger partial charge < -0.3 is 9.80 Å². The lowest BCUT2D eigenvalue weighted by atomic mass is 10.1. The number of hydrogen-bond donors (Lipinski definition) is 0. The quantitative estimate of drug-likeness (QED) is 0.538. The van der Waals surface area contributed by atoms with Gasteiger partial charge in [0.1, 0.15) is 17.7 Å². The number of benzene rings is 2. The van der Waals surface area contributed by atoms with Gasteiger partial charge in [-0.05, 0) is 35.4 Å². The van der Waals surface area contributed by atoms with Gasteiger partial charge in [-0.25, -0.2) is 0 Å². The summed E-state index contributed by atoms with van der Waals surface area (Å²) >= 11 is 0. The molecule has 0 unspecified atom stereocenters. The Morgan fingerprint density at radius 1 is 0.679 bits per heavy atom. The van der Waals surface area contributed by atoms with Crippen molar-refractivity contribution < 1.29 is 0 Å². The minimum absolute atomic E-state index is 0.0855. The zero-order valence-corrected chi connectivity index (χ0v) is 16.7. The third kappa shape index (κ3) is 5.62. The first-order chi connectivity index (χ1) is 13.4. The second kappa shape index (κ2) is 9.80. The standard InChI is InChI=1S/C24H24N4/c1-27(2)23-13-7-19(8-14-23)5-11-21(22(17-25)18-26)12-6-20-9-15-24(16-10-20)28(3)4/h5-16H,1-4H3. The van der Waals surface area contributed by atoms with Crippen LogP contribution in [0, 0.1) is 22.7 Å². The van der Waals surface area contributed by atoms with Gasteiger partial charge in [-0.1, -0.05) is 48.6 Å². The third-order valence-corrected chi connectivity index (χ3v) is 4.24. The van der Waals surface area contributed by atoms with Crippen molar-refractivity contribution in [3.05, 3.63) is 83.0 Å². The molecule has 0 fully saturated rings. The molecule has 2 aromatic carbocycles. The highest BCUT2D eigenvalue weighted by molar-refractivity contribution is 5.65. The van der Waals surface area contributed by atoms with Gasteiger partial charge in [-0.15, -0.1) is 0 Å². The Morgan fingerprint density at radius 2 is 1.04 bits per heavy atom. The summed E-state index contributed by atoms with van der Waals surface area (Å²) in [6, 6.07) is 20.1. The van der Waals surface area contributed by atoms with Crippen molar-refractivity contribution in [2.24, 2.45) is 0 Å². The molecule has 0 aromatic heterocycles. The molecule has 0 bridgehead atoms. The van der Waals surface area contributed by atoms with Crippen molar-refractivity contribution in [2.45, 2.75) is 0 Å². The van der Waals surface area contributed by atoms with E-state index in [-0.39, 0.29) is 5.57 Å². The maximum Gasteiger partial charge on any atom is 0.136 e. The fourth-order valence-electron chi connectivity index (χ4n) is 2.52. The number of allylic oxidation sites excluding steroid dienone is 4. The first-order valence-electron chi connectivity index (χ1n) is 8.90. The largest absolute Gasteiger partial charge is 0.378 e. The van der Waals surface area contributed by atoms with E-state index >= 15 is 0 Å². The van der Waals surface area contributed by atoms with Crippen LogP contribution >= 0.6 is 0 Å². The summed E-state index contributed by atoms with van der Waals surface area (Å²) in [5.41, 5.74) is 4.90. The van der Waals surface area contributed by atoms with E-state index < -0.39 is 0 Å². The number of anilines is 2. The Kier molecular flexibility index (Phi) is 7.20. The van der Waals surface area contributed by atoms with Gasteiger partial charge in [0.2, 0.25) is 0 Å². The molecular weight excluding hydrogens is 344 g/mol. The fourth-order valence-corrected chi connectivity index (χ4v) is 2.52. The van der Waals surface area contributed by atoms with E-state index in [1.165, 1.54) is 0 Å². The summed E-state index contributed by atoms with van der Waals surface area (Å²) in [5, 5.41) is 18.6. The van der Waals surface area contributed by atoms with E-state index in [0.29, 0.717) is 5.57 Å². The Bertz CT molecular complexity index is 882. The van der Waals surface area contributed by atoms with Crippen LogP contribution in [-0.2, 0) is 0 Å². The maximum atomic E-state index is 9.28. The van der Waals surface area contributed by atoms with Crippen LogP contribution in [0.1, 0.15) is 11.1 Å². The Morgan fingerprint density at radius 3 is 1.32 bits per heavy atom. The highest BCUT2D eigenvalue weighted by atomic mass is 15.1. The lowest BCUT2D eigenvalue weighted by Crippen LogP contribution is -2.07. The molecule has 140 valence electrons. The maximum absolute atomic E-state index is 9.28. The smallest absolute Gasteiger partial charge is 0.136 e. The summed E-state index contributed by atoms with van der Waals surface area (Å²) in [6.45, 7) is 0. The van der Waals surface area contributed by atoms with Gasteiger partial charge in [0.05, 0.1) is 0 Å². The predicted molar refractivity (Wildman–Crippen MR) is 118 cm³/mol. The fraction of sp³-hybridized carbons (Fsp3) is 0.167. The van der Waals surface area contributed by atoms with Crippen LogP contribution in [0.2, 0.25) is 0 Å². The van der Waals surface area contributed by atoms with E-state index in [4.69, 9.17) is 0 Å². The molecule has 4 nitrogen and oxygen atoms in total. The second-order valence-electron chi connectivity index (χ2n) is 6.69. The van der Waals surface area contributed by atoms with Crippen LogP contribution in [0.25, 0.3) is 12.2 Å². The molecule has 2 rings (SSSR count). The lowest BCUT2D eigenvalue weighted by Gasteiger charge is -2.11. The summed E-state index contributed by atoms with van der Waals surface area (Å²) < 4.78 is 0. The van der Waals surface area contributed by atoms with Crippen molar-refractivity contribution in [1.82, 2.24) is 0 Å². The molecule has 0 spiro atoms. The Balaban J connectivity index is 2.27. The van der Waals surface area contributed by atoms with Crippen molar-refractivity contribution in [2.75, 3.05) is 38.0 Å². The van der Waals surface area contributed by atoms with E-state index in [1.807, 2.05) is 111 Å². The van der Waals surface area contributed by atoms with Crippen molar-refractivity contribution in [1.29, 1.82) is 10.5 Å². The molecule has 0 radical (unpaired) electrons. The molecule has 0 aliphatic rings. The molecule has 0 heterocycles. The summed E-state index contributed by atoms with van der Waals surface area (Å²) in [5.74, 6) is 0. The molecular formula is C24H24N4. The van der Waals surface area contributed by atoms with Gasteiger partial charge in [0.15, 0.2) is 0 Å². The van der Waals surface area contributed by atoms with Gasteiger partial charge in [-0.2, -0.15) is 10.5 Å². The average molecular weight is 368 g/mol. The van der Waals surface area contributed by atoms with Crippen LogP contribution in [0.5, 0.6) is 0 Å². The van der Waals surface area contributed by atoms with Crippen molar-refractivity contribution in [3.63, 3.8) is 0 Å². The normalized spacial score (nSPS) is 10.5. The van der Waals surface area contributed by atoms with Gasteiger partial charge in [0, 0.05) is 45.1 Å². The highest BCUT2D eigenvalue weighted by Crippen LogP contribution is 2.17. The molecule has 0 aliphatic carbocycles. The van der Waals surface area contributed by atoms with Gasteiger partial charge in [-0.3, -0.25) is 0 Å². The molecule has 28 heavy (non-hydrogen) atoms. The molecule has 0 N–H and O–H groups in total. The number of rotatable bonds is 6. The Labute approximate surface area is 167 Å².